The molecule has 4 aromatic rings. The third-order valence-corrected chi connectivity index (χ3v) is 4.87. The lowest BCUT2D eigenvalue weighted by Crippen LogP contribution is -2.32. The lowest BCUT2D eigenvalue weighted by atomic mass is 10.1. The summed E-state index contributed by atoms with van der Waals surface area (Å²) in [6.07, 6.45) is 5.55. The van der Waals surface area contributed by atoms with Gasteiger partial charge in [0.05, 0.1) is 24.8 Å². The molecule has 1 atom stereocenters. The molecular weight excluding hydrogens is 382 g/mol. The average molecular weight is 401 g/mol. The van der Waals surface area contributed by atoms with Crippen molar-refractivity contribution in [1.82, 2.24) is 14.8 Å². The molecule has 1 aliphatic rings. The van der Waals surface area contributed by atoms with Crippen LogP contribution in [0.4, 0.5) is 5.82 Å². The molecule has 1 unspecified atom stereocenters. The first kappa shape index (κ1) is 18.0. The maximum absolute atomic E-state index is 13.0. The maximum Gasteiger partial charge on any atom is 0.262 e. The number of furan rings is 2. The van der Waals surface area contributed by atoms with Gasteiger partial charge >= 0.3 is 0 Å². The van der Waals surface area contributed by atoms with Gasteiger partial charge in [-0.2, -0.15) is 10.2 Å². The largest absolute Gasteiger partial charge is 0.467 e. The van der Waals surface area contributed by atoms with Crippen molar-refractivity contribution in [3.8, 4) is 5.69 Å². The second kappa shape index (κ2) is 7.75. The average Bonchev–Trinajstić information content (AvgIpc) is 3.57. The summed E-state index contributed by atoms with van der Waals surface area (Å²) in [5, 5.41) is 13.5. The van der Waals surface area contributed by atoms with Gasteiger partial charge in [0.1, 0.15) is 29.1 Å². The number of para-hydroxylation sites is 1. The Morgan fingerprint density at radius 3 is 2.63 bits per heavy atom. The lowest BCUT2D eigenvalue weighted by molar-refractivity contribution is -0.131. The smallest absolute Gasteiger partial charge is 0.262 e. The predicted molar refractivity (Wildman–Crippen MR) is 110 cm³/mol. The van der Waals surface area contributed by atoms with Crippen LogP contribution in [0, 0.1) is 0 Å². The standard InChI is InChI=1S/C22H19N5O3/c28-22(15-23-21-10-11-26(25-21)16-6-2-1-3-7-16)27-18(20-9-5-13-30-20)14-17(24-27)19-8-4-12-29-19/h1-13,18H,14-15H2,(H,23,25). The highest BCUT2D eigenvalue weighted by Crippen LogP contribution is 2.33. The number of carbonyl (C=O) groups is 1. The van der Waals surface area contributed by atoms with Gasteiger partial charge in [-0.15, -0.1) is 0 Å². The predicted octanol–water partition coefficient (Wildman–Crippen LogP) is 3.85. The summed E-state index contributed by atoms with van der Waals surface area (Å²) in [5.74, 6) is 1.75. The molecule has 0 fully saturated rings. The molecule has 1 N–H and O–H groups in total. The van der Waals surface area contributed by atoms with Crippen LogP contribution in [0.1, 0.15) is 24.0 Å². The molecule has 0 saturated heterocycles. The van der Waals surface area contributed by atoms with E-state index in [1.165, 1.54) is 5.01 Å². The van der Waals surface area contributed by atoms with E-state index in [1.54, 1.807) is 29.3 Å². The zero-order valence-electron chi connectivity index (χ0n) is 16.0. The van der Waals surface area contributed by atoms with Crippen molar-refractivity contribution in [2.45, 2.75) is 12.5 Å². The Labute approximate surface area is 172 Å². The first-order chi connectivity index (χ1) is 14.8. The minimum atomic E-state index is -0.309. The Bertz CT molecular complexity index is 1150. The Morgan fingerprint density at radius 2 is 1.87 bits per heavy atom. The number of nitrogens with one attached hydrogen (secondary N) is 1. The summed E-state index contributed by atoms with van der Waals surface area (Å²) < 4.78 is 12.8. The van der Waals surface area contributed by atoms with Gasteiger partial charge in [0.25, 0.3) is 5.91 Å². The summed E-state index contributed by atoms with van der Waals surface area (Å²) in [4.78, 5) is 13.0. The van der Waals surface area contributed by atoms with E-state index in [2.05, 4.69) is 15.5 Å². The third kappa shape index (κ3) is 3.50. The van der Waals surface area contributed by atoms with Crippen LogP contribution in [-0.2, 0) is 4.79 Å². The number of rotatable bonds is 6. The molecule has 5 rings (SSSR count). The van der Waals surface area contributed by atoms with Crippen molar-refractivity contribution < 1.29 is 13.6 Å². The molecule has 0 radical (unpaired) electrons. The molecule has 4 heterocycles. The SMILES string of the molecule is O=C(CNc1ccn(-c2ccccc2)n1)N1N=C(c2ccco2)CC1c1ccco1. The number of hydrogen-bond acceptors (Lipinski definition) is 6. The number of nitrogens with zero attached hydrogens (tertiary/aromatic N) is 4. The molecule has 0 aliphatic carbocycles. The number of amides is 1. The van der Waals surface area contributed by atoms with E-state index in [4.69, 9.17) is 8.83 Å². The van der Waals surface area contributed by atoms with Crippen LogP contribution in [0.25, 0.3) is 5.69 Å². The highest BCUT2D eigenvalue weighted by Gasteiger charge is 2.35. The second-order valence-corrected chi connectivity index (χ2v) is 6.83. The Kier molecular flexibility index (Phi) is 4.65. The summed E-state index contributed by atoms with van der Waals surface area (Å²) in [6, 6.07) is 18.6. The minimum absolute atomic E-state index is 0.0535. The zero-order valence-corrected chi connectivity index (χ0v) is 16.0. The van der Waals surface area contributed by atoms with Gasteiger partial charge in [0.2, 0.25) is 0 Å². The van der Waals surface area contributed by atoms with Gasteiger partial charge < -0.3 is 14.2 Å². The number of anilines is 1. The Hall–Kier alpha value is -4.07. The number of hydrogen-bond donors (Lipinski definition) is 1. The fourth-order valence-electron chi connectivity index (χ4n) is 3.42. The number of carbonyl (C=O) groups excluding carboxylic acids is 1. The fourth-order valence-corrected chi connectivity index (χ4v) is 3.42. The molecule has 0 bridgehead atoms. The molecule has 0 spiro atoms. The van der Waals surface area contributed by atoms with Crippen molar-refractivity contribution in [3.05, 3.63) is 90.9 Å². The van der Waals surface area contributed by atoms with E-state index >= 15 is 0 Å². The molecule has 1 amide bonds. The van der Waals surface area contributed by atoms with Crippen LogP contribution in [0.3, 0.4) is 0 Å². The minimum Gasteiger partial charge on any atom is -0.467 e. The zero-order chi connectivity index (χ0) is 20.3. The van der Waals surface area contributed by atoms with E-state index in [0.717, 1.165) is 5.69 Å². The topological polar surface area (TPSA) is 88.8 Å². The van der Waals surface area contributed by atoms with E-state index in [0.29, 0.717) is 29.5 Å². The summed E-state index contributed by atoms with van der Waals surface area (Å²) in [5.41, 5.74) is 1.66. The second-order valence-electron chi connectivity index (χ2n) is 6.83. The quantitative estimate of drug-likeness (QED) is 0.530. The van der Waals surface area contributed by atoms with Crippen LogP contribution in [0.2, 0.25) is 0 Å². The van der Waals surface area contributed by atoms with E-state index < -0.39 is 0 Å². The first-order valence-electron chi connectivity index (χ1n) is 9.60. The van der Waals surface area contributed by atoms with Crippen LogP contribution >= 0.6 is 0 Å². The van der Waals surface area contributed by atoms with E-state index in [-0.39, 0.29) is 18.5 Å². The Balaban J connectivity index is 1.31. The van der Waals surface area contributed by atoms with Crippen LogP contribution < -0.4 is 5.32 Å². The van der Waals surface area contributed by atoms with Gasteiger partial charge in [0.15, 0.2) is 0 Å². The monoisotopic (exact) mass is 401 g/mol. The lowest BCUT2D eigenvalue weighted by Gasteiger charge is -2.19. The summed E-state index contributed by atoms with van der Waals surface area (Å²) in [7, 11) is 0. The van der Waals surface area contributed by atoms with Gasteiger partial charge in [-0.1, -0.05) is 18.2 Å². The number of benzene rings is 1. The van der Waals surface area contributed by atoms with Crippen molar-refractivity contribution in [1.29, 1.82) is 0 Å². The highest BCUT2D eigenvalue weighted by atomic mass is 16.3. The van der Waals surface area contributed by atoms with Gasteiger partial charge in [-0.05, 0) is 36.4 Å². The van der Waals surface area contributed by atoms with Crippen molar-refractivity contribution in [3.63, 3.8) is 0 Å². The molecule has 8 nitrogen and oxygen atoms in total. The molecular formula is C22H19N5O3. The van der Waals surface area contributed by atoms with Crippen LogP contribution in [0.15, 0.2) is 93.3 Å². The van der Waals surface area contributed by atoms with Crippen molar-refractivity contribution in [2.75, 3.05) is 11.9 Å². The Morgan fingerprint density at radius 1 is 1.03 bits per heavy atom. The molecule has 150 valence electrons. The fraction of sp³-hybridized carbons (Fsp3) is 0.136. The maximum atomic E-state index is 13.0. The van der Waals surface area contributed by atoms with Crippen LogP contribution in [0.5, 0.6) is 0 Å². The van der Waals surface area contributed by atoms with E-state index in [1.807, 2.05) is 54.7 Å². The molecule has 30 heavy (non-hydrogen) atoms. The molecule has 3 aromatic heterocycles. The van der Waals surface area contributed by atoms with Crippen molar-refractivity contribution >= 4 is 17.4 Å². The van der Waals surface area contributed by atoms with E-state index in [9.17, 15) is 4.79 Å². The molecule has 8 heteroatoms. The van der Waals surface area contributed by atoms with Gasteiger partial charge in [-0.25, -0.2) is 9.69 Å². The first-order valence-corrected chi connectivity index (χ1v) is 9.60. The highest BCUT2D eigenvalue weighted by molar-refractivity contribution is 6.01. The number of aromatic nitrogens is 2. The number of hydrazone groups is 1. The third-order valence-electron chi connectivity index (χ3n) is 4.87. The van der Waals surface area contributed by atoms with Gasteiger partial charge in [-0.3, -0.25) is 4.79 Å². The molecule has 1 aromatic carbocycles. The normalized spacial score (nSPS) is 15.9. The molecule has 0 saturated carbocycles. The van der Waals surface area contributed by atoms with Crippen LogP contribution in [-0.4, -0.2) is 33.0 Å². The summed E-state index contributed by atoms with van der Waals surface area (Å²) >= 11 is 0. The summed E-state index contributed by atoms with van der Waals surface area (Å²) in [6.45, 7) is 0.0535. The van der Waals surface area contributed by atoms with Gasteiger partial charge in [0, 0.05) is 18.7 Å². The van der Waals surface area contributed by atoms with Crippen molar-refractivity contribution in [2.24, 2.45) is 5.10 Å². The molecule has 1 aliphatic heterocycles.